The van der Waals surface area contributed by atoms with Gasteiger partial charge in [-0.05, 0) is 36.5 Å². The molecular formula is C14H21NO2. The Morgan fingerprint density at radius 2 is 1.82 bits per heavy atom. The molecular weight excluding hydrogens is 214 g/mol. The van der Waals surface area contributed by atoms with Crippen LogP contribution in [-0.2, 0) is 6.54 Å². The molecule has 3 N–H and O–H groups in total. The minimum absolute atomic E-state index is 0.285. The predicted molar refractivity (Wildman–Crippen MR) is 67.8 cm³/mol. The second kappa shape index (κ2) is 6.03. The van der Waals surface area contributed by atoms with Gasteiger partial charge in [-0.3, -0.25) is 0 Å². The predicted octanol–water partition coefficient (Wildman–Crippen LogP) is 2.03. The van der Waals surface area contributed by atoms with Crippen molar-refractivity contribution in [2.24, 2.45) is 5.92 Å². The van der Waals surface area contributed by atoms with Crippen LogP contribution < -0.4 is 5.32 Å². The van der Waals surface area contributed by atoms with E-state index in [2.05, 4.69) is 5.32 Å². The summed E-state index contributed by atoms with van der Waals surface area (Å²) in [6, 6.07) is 7.71. The summed E-state index contributed by atoms with van der Waals surface area (Å²) in [6.07, 6.45) is 4.78. The molecule has 0 saturated heterocycles. The summed E-state index contributed by atoms with van der Waals surface area (Å²) in [5.41, 5.74) is 1.17. The maximum atomic E-state index is 9.32. The van der Waals surface area contributed by atoms with E-state index in [4.69, 9.17) is 0 Å². The molecule has 1 aliphatic carbocycles. The lowest BCUT2D eigenvalue weighted by molar-refractivity contribution is 0.152. The van der Waals surface area contributed by atoms with Crippen LogP contribution in [0.25, 0.3) is 0 Å². The minimum Gasteiger partial charge on any atom is -0.508 e. The average Bonchev–Trinajstić information content (AvgIpc) is 2.38. The highest BCUT2D eigenvalue weighted by Crippen LogP contribution is 2.24. The van der Waals surface area contributed by atoms with Crippen molar-refractivity contribution in [3.05, 3.63) is 29.8 Å². The van der Waals surface area contributed by atoms with Crippen molar-refractivity contribution < 1.29 is 10.2 Å². The zero-order valence-corrected chi connectivity index (χ0v) is 10.1. The van der Waals surface area contributed by atoms with Crippen molar-refractivity contribution in [2.75, 3.05) is 6.61 Å². The fourth-order valence-electron chi connectivity index (χ4n) is 2.56. The van der Waals surface area contributed by atoms with Crippen LogP contribution in [0.4, 0.5) is 0 Å². The quantitative estimate of drug-likeness (QED) is 0.748. The van der Waals surface area contributed by atoms with Crippen LogP contribution in [0.1, 0.15) is 31.2 Å². The molecule has 3 heteroatoms. The summed E-state index contributed by atoms with van der Waals surface area (Å²) in [7, 11) is 0. The lowest BCUT2D eigenvalue weighted by atomic mass is 9.85. The van der Waals surface area contributed by atoms with E-state index < -0.39 is 0 Å². The molecule has 1 fully saturated rings. The van der Waals surface area contributed by atoms with Crippen LogP contribution in [0, 0.1) is 5.92 Å². The monoisotopic (exact) mass is 235 g/mol. The minimum atomic E-state index is 0.285. The Kier molecular flexibility index (Phi) is 4.40. The van der Waals surface area contributed by atoms with E-state index in [-0.39, 0.29) is 6.61 Å². The first-order valence-electron chi connectivity index (χ1n) is 6.42. The Morgan fingerprint density at radius 1 is 1.12 bits per heavy atom. The van der Waals surface area contributed by atoms with Crippen LogP contribution >= 0.6 is 0 Å². The molecule has 94 valence electrons. The molecule has 1 saturated carbocycles. The van der Waals surface area contributed by atoms with Crippen molar-refractivity contribution in [3.63, 3.8) is 0 Å². The second-order valence-electron chi connectivity index (χ2n) is 4.88. The highest BCUT2D eigenvalue weighted by atomic mass is 16.3. The van der Waals surface area contributed by atoms with E-state index in [9.17, 15) is 10.2 Å². The lowest BCUT2D eigenvalue weighted by Crippen LogP contribution is -2.39. The van der Waals surface area contributed by atoms with Crippen molar-refractivity contribution >= 4 is 0 Å². The van der Waals surface area contributed by atoms with Gasteiger partial charge in [0.25, 0.3) is 0 Å². The molecule has 0 heterocycles. The molecule has 3 nitrogen and oxygen atoms in total. The lowest BCUT2D eigenvalue weighted by Gasteiger charge is -2.31. The first-order chi connectivity index (χ1) is 8.29. The van der Waals surface area contributed by atoms with Crippen molar-refractivity contribution in [3.8, 4) is 5.75 Å². The van der Waals surface area contributed by atoms with Gasteiger partial charge in [0.05, 0.1) is 0 Å². The number of hydrogen-bond acceptors (Lipinski definition) is 3. The van der Waals surface area contributed by atoms with Gasteiger partial charge in [0.15, 0.2) is 0 Å². The Hall–Kier alpha value is -1.06. The van der Waals surface area contributed by atoms with Crippen LogP contribution in [-0.4, -0.2) is 22.9 Å². The van der Waals surface area contributed by atoms with Gasteiger partial charge in [0, 0.05) is 19.2 Å². The van der Waals surface area contributed by atoms with Gasteiger partial charge in [-0.1, -0.05) is 25.0 Å². The molecule has 0 spiro atoms. The van der Waals surface area contributed by atoms with Gasteiger partial charge in [0.2, 0.25) is 0 Å². The van der Waals surface area contributed by atoms with Crippen molar-refractivity contribution in [1.82, 2.24) is 5.32 Å². The normalized spacial score (nSPS) is 24.8. The fourth-order valence-corrected chi connectivity index (χ4v) is 2.56. The Morgan fingerprint density at radius 3 is 2.53 bits per heavy atom. The smallest absolute Gasteiger partial charge is 0.115 e. The van der Waals surface area contributed by atoms with Gasteiger partial charge in [-0.25, -0.2) is 0 Å². The second-order valence-corrected chi connectivity index (χ2v) is 4.88. The number of nitrogens with one attached hydrogen (secondary N) is 1. The molecule has 0 amide bonds. The highest BCUT2D eigenvalue weighted by molar-refractivity contribution is 5.25. The van der Waals surface area contributed by atoms with Crippen molar-refractivity contribution in [1.29, 1.82) is 0 Å². The Bertz CT molecular complexity index is 337. The molecule has 2 unspecified atom stereocenters. The third-order valence-corrected chi connectivity index (χ3v) is 3.65. The van der Waals surface area contributed by atoms with E-state index in [1.165, 1.54) is 18.4 Å². The number of hydrogen-bond donors (Lipinski definition) is 3. The molecule has 0 radical (unpaired) electrons. The number of aliphatic hydroxyl groups excluding tert-OH is 1. The molecule has 0 aromatic heterocycles. The molecule has 1 aromatic carbocycles. The van der Waals surface area contributed by atoms with Crippen LogP contribution in [0.3, 0.4) is 0 Å². The van der Waals surface area contributed by atoms with Crippen LogP contribution in [0.15, 0.2) is 24.3 Å². The third kappa shape index (κ3) is 3.45. The highest BCUT2D eigenvalue weighted by Gasteiger charge is 2.23. The standard InChI is InChI=1S/C14H21NO2/c16-10-12-3-1-2-4-14(12)15-9-11-5-7-13(17)8-6-11/h5-8,12,14-17H,1-4,9-10H2. The molecule has 0 aliphatic heterocycles. The summed E-state index contributed by atoms with van der Waals surface area (Å²) in [4.78, 5) is 0. The Balaban J connectivity index is 1.86. The maximum Gasteiger partial charge on any atom is 0.115 e. The molecule has 2 rings (SSSR count). The summed E-state index contributed by atoms with van der Waals surface area (Å²) < 4.78 is 0. The first-order valence-corrected chi connectivity index (χ1v) is 6.42. The van der Waals surface area contributed by atoms with E-state index >= 15 is 0 Å². The van der Waals surface area contributed by atoms with E-state index in [1.54, 1.807) is 12.1 Å². The molecule has 1 aliphatic rings. The fraction of sp³-hybridized carbons (Fsp3) is 0.571. The largest absolute Gasteiger partial charge is 0.508 e. The van der Waals surface area contributed by atoms with Gasteiger partial charge in [-0.2, -0.15) is 0 Å². The number of rotatable bonds is 4. The van der Waals surface area contributed by atoms with Gasteiger partial charge in [0.1, 0.15) is 5.75 Å². The van der Waals surface area contributed by atoms with E-state index in [0.717, 1.165) is 19.4 Å². The molecule has 1 aromatic rings. The summed E-state index contributed by atoms with van der Waals surface area (Å²) in [5.74, 6) is 0.709. The maximum absolute atomic E-state index is 9.32. The van der Waals surface area contributed by atoms with E-state index in [1.807, 2.05) is 12.1 Å². The number of aromatic hydroxyl groups is 1. The molecule has 2 atom stereocenters. The number of phenols is 1. The molecule has 0 bridgehead atoms. The summed E-state index contributed by atoms with van der Waals surface area (Å²) in [6.45, 7) is 1.09. The number of benzene rings is 1. The average molecular weight is 235 g/mol. The van der Waals surface area contributed by atoms with Crippen LogP contribution in [0.5, 0.6) is 5.75 Å². The van der Waals surface area contributed by atoms with E-state index in [0.29, 0.717) is 17.7 Å². The van der Waals surface area contributed by atoms with Gasteiger partial charge in [-0.15, -0.1) is 0 Å². The number of aliphatic hydroxyl groups is 1. The topological polar surface area (TPSA) is 52.5 Å². The zero-order valence-electron chi connectivity index (χ0n) is 10.1. The van der Waals surface area contributed by atoms with Crippen LogP contribution in [0.2, 0.25) is 0 Å². The third-order valence-electron chi connectivity index (χ3n) is 3.65. The van der Waals surface area contributed by atoms with Crippen molar-refractivity contribution in [2.45, 2.75) is 38.3 Å². The first kappa shape index (κ1) is 12.4. The SMILES string of the molecule is OCC1CCCCC1NCc1ccc(O)cc1. The van der Waals surface area contributed by atoms with Gasteiger partial charge >= 0.3 is 0 Å². The Labute approximate surface area is 102 Å². The zero-order chi connectivity index (χ0) is 12.1. The summed E-state index contributed by atoms with van der Waals surface area (Å²) >= 11 is 0. The number of phenolic OH excluding ortho intramolecular Hbond substituents is 1. The molecule has 17 heavy (non-hydrogen) atoms. The summed E-state index contributed by atoms with van der Waals surface area (Å²) in [5, 5.41) is 22.0. The van der Waals surface area contributed by atoms with Gasteiger partial charge < -0.3 is 15.5 Å².